The van der Waals surface area contributed by atoms with Crippen molar-refractivity contribution in [3.8, 4) is 17.2 Å². The van der Waals surface area contributed by atoms with Gasteiger partial charge in [0.25, 0.3) is 5.91 Å². The lowest BCUT2D eigenvalue weighted by Crippen LogP contribution is -2.44. The average molecular weight is 497 g/mol. The second-order valence-electron chi connectivity index (χ2n) is 7.02. The summed E-state index contributed by atoms with van der Waals surface area (Å²) in [5.74, 6) is 1.19. The fourth-order valence-electron chi connectivity index (χ4n) is 3.21. The number of thiazole rings is 1. The maximum Gasteiger partial charge on any atom is 0.324 e. The fourth-order valence-corrected chi connectivity index (χ4v) is 4.86. The minimum atomic E-state index is -0.953. The Hall–Kier alpha value is -4.03. The van der Waals surface area contributed by atoms with Crippen molar-refractivity contribution in [1.29, 1.82) is 0 Å². The monoisotopic (exact) mass is 496 g/mol. The lowest BCUT2D eigenvalue weighted by atomic mass is 10.2. The number of hydrazone groups is 1. The molecule has 10 nitrogen and oxygen atoms in total. The molecule has 2 aromatic heterocycles. The van der Waals surface area contributed by atoms with Crippen LogP contribution in [0.15, 0.2) is 59.7 Å². The minimum Gasteiger partial charge on any atom is -0.497 e. The van der Waals surface area contributed by atoms with E-state index < -0.39 is 16.9 Å². The van der Waals surface area contributed by atoms with Gasteiger partial charge in [0.1, 0.15) is 12.4 Å². The molecular weight excluding hydrogens is 480 g/mol. The fraction of sp³-hybridized carbons (Fsp3) is 0.136. The number of aromatic nitrogens is 1. The van der Waals surface area contributed by atoms with Crippen LogP contribution in [0.5, 0.6) is 17.2 Å². The summed E-state index contributed by atoms with van der Waals surface area (Å²) in [6.45, 7) is 0.00502. The first-order valence-electron chi connectivity index (χ1n) is 9.97. The second kappa shape index (κ2) is 9.08. The molecule has 1 aliphatic heterocycles. The normalized spacial score (nSPS) is 14.9. The molecule has 1 aliphatic rings. The Labute approximate surface area is 200 Å². The summed E-state index contributed by atoms with van der Waals surface area (Å²) < 4.78 is 17.6. The Balaban J connectivity index is 1.49. The second-order valence-corrected chi connectivity index (χ2v) is 9.12. The van der Waals surface area contributed by atoms with Gasteiger partial charge in [-0.15, -0.1) is 0 Å². The van der Waals surface area contributed by atoms with E-state index in [2.05, 4.69) is 10.1 Å². The molecule has 3 heterocycles. The van der Waals surface area contributed by atoms with Gasteiger partial charge in [0, 0.05) is 6.07 Å². The number of thiophene rings is 1. The van der Waals surface area contributed by atoms with Crippen molar-refractivity contribution in [2.24, 2.45) is 5.10 Å². The first-order valence-corrected chi connectivity index (χ1v) is 11.6. The van der Waals surface area contributed by atoms with Gasteiger partial charge in [-0.1, -0.05) is 34.8 Å². The standard InChI is InChI=1S/C22H16N4O6S2/c1-30-13-6-8-15-19(10-13)34-22(24-15)25(23-11-14-7-9-20(33-14)26(28)29)21(27)18-12-31-16-4-2-3-5-17(16)32-18/h2-11,18H,12H2,1H3/b23-11+. The maximum absolute atomic E-state index is 13.5. The highest BCUT2D eigenvalue weighted by molar-refractivity contribution is 7.22. The summed E-state index contributed by atoms with van der Waals surface area (Å²) in [6.07, 6.45) is 0.436. The van der Waals surface area contributed by atoms with Crippen LogP contribution in [0.3, 0.4) is 0 Å². The largest absolute Gasteiger partial charge is 0.497 e. The molecule has 0 spiro atoms. The lowest BCUT2D eigenvalue weighted by Gasteiger charge is -2.27. The Morgan fingerprint density at radius 1 is 1.24 bits per heavy atom. The molecular formula is C22H16N4O6S2. The highest BCUT2D eigenvalue weighted by Gasteiger charge is 2.33. The Kier molecular flexibility index (Phi) is 5.82. The van der Waals surface area contributed by atoms with Gasteiger partial charge >= 0.3 is 5.00 Å². The number of fused-ring (bicyclic) bond motifs is 2. The van der Waals surface area contributed by atoms with E-state index in [1.165, 1.54) is 23.6 Å². The highest BCUT2D eigenvalue weighted by Crippen LogP contribution is 2.35. The van der Waals surface area contributed by atoms with Crippen molar-refractivity contribution in [2.75, 3.05) is 18.7 Å². The van der Waals surface area contributed by atoms with Crippen LogP contribution in [0.2, 0.25) is 0 Å². The summed E-state index contributed by atoms with van der Waals surface area (Å²) in [5, 5.41) is 16.8. The molecule has 4 aromatic rings. The molecule has 0 fully saturated rings. The first kappa shape index (κ1) is 21.8. The zero-order valence-corrected chi connectivity index (χ0v) is 19.2. The summed E-state index contributed by atoms with van der Waals surface area (Å²) in [7, 11) is 1.57. The van der Waals surface area contributed by atoms with Crippen molar-refractivity contribution in [2.45, 2.75) is 6.10 Å². The number of nitrogens with zero attached hydrogens (tertiary/aromatic N) is 4. The van der Waals surface area contributed by atoms with Gasteiger partial charge in [-0.25, -0.2) is 4.98 Å². The lowest BCUT2D eigenvalue weighted by molar-refractivity contribution is -0.380. The van der Waals surface area contributed by atoms with Crippen molar-refractivity contribution < 1.29 is 23.9 Å². The van der Waals surface area contributed by atoms with Gasteiger partial charge in [-0.2, -0.15) is 10.1 Å². The molecule has 0 aliphatic carbocycles. The highest BCUT2D eigenvalue weighted by atomic mass is 32.1. The van der Waals surface area contributed by atoms with Gasteiger partial charge in [-0.3, -0.25) is 14.9 Å². The first-order chi connectivity index (χ1) is 16.5. The number of ether oxygens (including phenoxy) is 3. The van der Waals surface area contributed by atoms with E-state index in [1.54, 1.807) is 43.5 Å². The van der Waals surface area contributed by atoms with E-state index in [-0.39, 0.29) is 11.6 Å². The molecule has 0 saturated carbocycles. The zero-order chi connectivity index (χ0) is 23.7. The van der Waals surface area contributed by atoms with Crippen molar-refractivity contribution >= 4 is 55.1 Å². The third-order valence-corrected chi connectivity index (χ3v) is 6.82. The van der Waals surface area contributed by atoms with Gasteiger partial charge in [0.2, 0.25) is 11.2 Å². The predicted molar refractivity (Wildman–Crippen MR) is 129 cm³/mol. The number of nitro groups is 1. The van der Waals surface area contributed by atoms with Crippen LogP contribution in [0.1, 0.15) is 4.88 Å². The van der Waals surface area contributed by atoms with Crippen molar-refractivity contribution in [3.05, 3.63) is 69.6 Å². The molecule has 2 aromatic carbocycles. The molecule has 0 saturated heterocycles. The number of anilines is 1. The van der Waals surface area contributed by atoms with Gasteiger partial charge in [-0.05, 0) is 36.4 Å². The van der Waals surface area contributed by atoms with E-state index in [1.807, 2.05) is 12.1 Å². The van der Waals surface area contributed by atoms with Crippen LogP contribution in [0.4, 0.5) is 10.1 Å². The van der Waals surface area contributed by atoms with Crippen LogP contribution in [0.25, 0.3) is 10.2 Å². The van der Waals surface area contributed by atoms with E-state index in [9.17, 15) is 14.9 Å². The number of carbonyl (C=O) groups excluding carboxylic acids is 1. The third-order valence-electron chi connectivity index (χ3n) is 4.85. The Morgan fingerprint density at radius 2 is 2.06 bits per heavy atom. The molecule has 1 unspecified atom stereocenters. The Bertz CT molecular complexity index is 1420. The number of methoxy groups -OCH3 is 1. The minimum absolute atomic E-state index is 0.00502. The molecule has 0 N–H and O–H groups in total. The molecule has 1 amide bonds. The Morgan fingerprint density at radius 3 is 2.82 bits per heavy atom. The quantitative estimate of drug-likeness (QED) is 0.219. The summed E-state index contributed by atoms with van der Waals surface area (Å²) >= 11 is 2.21. The smallest absolute Gasteiger partial charge is 0.324 e. The number of hydrogen-bond donors (Lipinski definition) is 0. The molecule has 34 heavy (non-hydrogen) atoms. The molecule has 12 heteroatoms. The number of amides is 1. The van der Waals surface area contributed by atoms with E-state index in [0.717, 1.165) is 21.0 Å². The predicted octanol–water partition coefficient (Wildman–Crippen LogP) is 4.48. The van der Waals surface area contributed by atoms with E-state index >= 15 is 0 Å². The van der Waals surface area contributed by atoms with Crippen LogP contribution in [0, 0.1) is 10.1 Å². The van der Waals surface area contributed by atoms with Crippen molar-refractivity contribution in [1.82, 2.24) is 4.98 Å². The molecule has 172 valence electrons. The summed E-state index contributed by atoms with van der Waals surface area (Å²) in [6, 6.07) is 15.4. The van der Waals surface area contributed by atoms with E-state index in [0.29, 0.717) is 32.8 Å². The molecule has 5 rings (SSSR count). The van der Waals surface area contributed by atoms with Crippen LogP contribution < -0.4 is 19.2 Å². The third kappa shape index (κ3) is 4.28. The summed E-state index contributed by atoms with van der Waals surface area (Å²) in [5.41, 5.74) is 0.673. The van der Waals surface area contributed by atoms with Gasteiger partial charge in [0.15, 0.2) is 11.5 Å². The van der Waals surface area contributed by atoms with Crippen LogP contribution in [-0.4, -0.2) is 41.8 Å². The SMILES string of the molecule is COc1ccc2nc(N(/N=C/c3ccc([N+](=O)[O-])s3)C(=O)C3COc4ccccc4O3)sc2c1. The van der Waals surface area contributed by atoms with Crippen molar-refractivity contribution in [3.63, 3.8) is 0 Å². The number of rotatable bonds is 6. The van der Waals surface area contributed by atoms with Gasteiger partial charge < -0.3 is 14.2 Å². The number of carbonyl (C=O) groups is 1. The topological polar surface area (TPSA) is 116 Å². The van der Waals surface area contributed by atoms with Crippen LogP contribution >= 0.6 is 22.7 Å². The van der Waals surface area contributed by atoms with Crippen LogP contribution in [-0.2, 0) is 4.79 Å². The molecule has 0 bridgehead atoms. The molecule has 0 radical (unpaired) electrons. The number of benzene rings is 2. The number of hydrogen-bond acceptors (Lipinski definition) is 10. The maximum atomic E-state index is 13.5. The zero-order valence-electron chi connectivity index (χ0n) is 17.6. The van der Waals surface area contributed by atoms with Gasteiger partial charge in [0.05, 0.1) is 33.3 Å². The van der Waals surface area contributed by atoms with E-state index in [4.69, 9.17) is 14.2 Å². The summed E-state index contributed by atoms with van der Waals surface area (Å²) in [4.78, 5) is 29.1. The number of para-hydroxylation sites is 2. The molecule has 1 atom stereocenters. The average Bonchev–Trinajstić information content (AvgIpc) is 3.50.